The van der Waals surface area contributed by atoms with Crippen LogP contribution in [0.4, 0.5) is 20.4 Å². The summed E-state index contributed by atoms with van der Waals surface area (Å²) >= 11 is 0. The predicted molar refractivity (Wildman–Crippen MR) is 93.1 cm³/mol. The van der Waals surface area contributed by atoms with Crippen LogP contribution in [0.5, 0.6) is 5.75 Å². The van der Waals surface area contributed by atoms with Gasteiger partial charge < -0.3 is 10.1 Å². The highest BCUT2D eigenvalue weighted by molar-refractivity contribution is 5.73. The van der Waals surface area contributed by atoms with Crippen LogP contribution in [0.25, 0.3) is 11.1 Å². The average Bonchev–Trinajstić information content (AvgIpc) is 2.56. The number of pyridine rings is 2. The Balaban J connectivity index is 2.01. The molecule has 1 N–H and O–H groups in total. The van der Waals surface area contributed by atoms with E-state index in [4.69, 9.17) is 4.74 Å². The highest BCUT2D eigenvalue weighted by atomic mass is 19.1. The zero-order valence-corrected chi connectivity index (χ0v) is 14.1. The van der Waals surface area contributed by atoms with Gasteiger partial charge in [-0.3, -0.25) is 0 Å². The van der Waals surface area contributed by atoms with Gasteiger partial charge in [0.05, 0.1) is 13.3 Å². The number of hydrogen-bond donors (Lipinski definition) is 1. The van der Waals surface area contributed by atoms with Crippen molar-refractivity contribution >= 4 is 11.6 Å². The number of aryl methyl sites for hydroxylation is 2. The second-order valence-electron chi connectivity index (χ2n) is 5.69. The van der Waals surface area contributed by atoms with Crippen molar-refractivity contribution < 1.29 is 13.5 Å². The van der Waals surface area contributed by atoms with Gasteiger partial charge in [-0.05, 0) is 49.7 Å². The van der Waals surface area contributed by atoms with Gasteiger partial charge in [-0.2, -0.15) is 0 Å². The first kappa shape index (κ1) is 16.8. The normalized spacial score (nSPS) is 10.6. The van der Waals surface area contributed by atoms with Crippen molar-refractivity contribution in [3.05, 3.63) is 65.5 Å². The SMILES string of the molecule is COc1cc(F)ccc1-c1cc(Nc2cc(C)cc(C)n2)ncc1F. The second-order valence-corrected chi connectivity index (χ2v) is 5.69. The molecule has 3 aromatic rings. The van der Waals surface area contributed by atoms with Gasteiger partial charge in [0.15, 0.2) is 0 Å². The Morgan fingerprint density at radius 2 is 1.76 bits per heavy atom. The number of halogens is 2. The number of aromatic nitrogens is 2. The maximum absolute atomic E-state index is 14.3. The number of nitrogens with zero attached hydrogens (tertiary/aromatic N) is 2. The van der Waals surface area contributed by atoms with Gasteiger partial charge >= 0.3 is 0 Å². The van der Waals surface area contributed by atoms with Crippen LogP contribution in [0.1, 0.15) is 11.3 Å². The number of rotatable bonds is 4. The average molecular weight is 341 g/mol. The quantitative estimate of drug-likeness (QED) is 0.741. The summed E-state index contributed by atoms with van der Waals surface area (Å²) < 4.78 is 32.8. The fraction of sp³-hybridized carbons (Fsp3) is 0.158. The van der Waals surface area contributed by atoms with Crippen molar-refractivity contribution in [3.8, 4) is 16.9 Å². The summed E-state index contributed by atoms with van der Waals surface area (Å²) in [6.45, 7) is 3.86. The fourth-order valence-electron chi connectivity index (χ4n) is 2.64. The number of benzene rings is 1. The van der Waals surface area contributed by atoms with E-state index >= 15 is 0 Å². The number of methoxy groups -OCH3 is 1. The van der Waals surface area contributed by atoms with Crippen molar-refractivity contribution in [2.45, 2.75) is 13.8 Å². The van der Waals surface area contributed by atoms with E-state index in [0.717, 1.165) is 17.5 Å². The molecule has 0 unspecified atom stereocenters. The Hall–Kier alpha value is -3.02. The molecule has 0 radical (unpaired) electrons. The summed E-state index contributed by atoms with van der Waals surface area (Å²) in [7, 11) is 1.41. The van der Waals surface area contributed by atoms with Crippen LogP contribution in [-0.4, -0.2) is 17.1 Å². The molecule has 0 aliphatic heterocycles. The Labute approximate surface area is 144 Å². The minimum Gasteiger partial charge on any atom is -0.496 e. The first-order valence-electron chi connectivity index (χ1n) is 7.68. The molecular weight excluding hydrogens is 324 g/mol. The monoisotopic (exact) mass is 341 g/mol. The lowest BCUT2D eigenvalue weighted by molar-refractivity contribution is 0.412. The molecule has 0 aliphatic carbocycles. The third kappa shape index (κ3) is 3.74. The smallest absolute Gasteiger partial charge is 0.149 e. The van der Waals surface area contributed by atoms with E-state index in [-0.39, 0.29) is 11.3 Å². The largest absolute Gasteiger partial charge is 0.496 e. The Kier molecular flexibility index (Phi) is 4.61. The van der Waals surface area contributed by atoms with E-state index in [1.54, 1.807) is 6.07 Å². The van der Waals surface area contributed by atoms with Gasteiger partial charge in [0.1, 0.15) is 29.0 Å². The lowest BCUT2D eigenvalue weighted by Crippen LogP contribution is -2.00. The predicted octanol–water partition coefficient (Wildman–Crippen LogP) is 4.79. The number of anilines is 2. The molecule has 2 aromatic heterocycles. The van der Waals surface area contributed by atoms with E-state index in [9.17, 15) is 8.78 Å². The maximum Gasteiger partial charge on any atom is 0.149 e. The van der Waals surface area contributed by atoms with Crippen molar-refractivity contribution in [1.82, 2.24) is 9.97 Å². The summed E-state index contributed by atoms with van der Waals surface area (Å²) in [5, 5.41) is 3.07. The van der Waals surface area contributed by atoms with Gasteiger partial charge in [-0.15, -0.1) is 0 Å². The molecule has 128 valence electrons. The fourth-order valence-corrected chi connectivity index (χ4v) is 2.64. The summed E-state index contributed by atoms with van der Waals surface area (Å²) in [5.74, 6) is 0.325. The molecule has 3 rings (SSSR count). The first-order valence-corrected chi connectivity index (χ1v) is 7.68. The van der Waals surface area contributed by atoms with Crippen LogP contribution in [0.3, 0.4) is 0 Å². The van der Waals surface area contributed by atoms with E-state index in [1.165, 1.54) is 25.3 Å². The lowest BCUT2D eigenvalue weighted by Gasteiger charge is -2.12. The zero-order chi connectivity index (χ0) is 18.0. The van der Waals surface area contributed by atoms with Gasteiger partial charge in [-0.25, -0.2) is 18.7 Å². The molecule has 4 nitrogen and oxygen atoms in total. The summed E-state index contributed by atoms with van der Waals surface area (Å²) in [6, 6.07) is 9.33. The first-order chi connectivity index (χ1) is 12.0. The van der Waals surface area contributed by atoms with Crippen LogP contribution in [-0.2, 0) is 0 Å². The molecule has 25 heavy (non-hydrogen) atoms. The zero-order valence-electron chi connectivity index (χ0n) is 14.1. The molecule has 0 atom stereocenters. The molecule has 0 amide bonds. The number of nitrogens with one attached hydrogen (secondary N) is 1. The number of ether oxygens (including phenoxy) is 1. The highest BCUT2D eigenvalue weighted by Crippen LogP contribution is 2.33. The van der Waals surface area contributed by atoms with Crippen molar-refractivity contribution in [1.29, 1.82) is 0 Å². The lowest BCUT2D eigenvalue weighted by atomic mass is 10.0. The molecule has 2 heterocycles. The summed E-state index contributed by atoms with van der Waals surface area (Å²) in [4.78, 5) is 8.43. The van der Waals surface area contributed by atoms with Crippen LogP contribution in [0.2, 0.25) is 0 Å². The Morgan fingerprint density at radius 3 is 2.48 bits per heavy atom. The van der Waals surface area contributed by atoms with E-state index in [2.05, 4.69) is 15.3 Å². The van der Waals surface area contributed by atoms with Crippen LogP contribution in [0.15, 0.2) is 42.6 Å². The van der Waals surface area contributed by atoms with Gasteiger partial charge in [-0.1, -0.05) is 0 Å². The maximum atomic E-state index is 14.3. The summed E-state index contributed by atoms with van der Waals surface area (Å²) in [6.07, 6.45) is 1.11. The topological polar surface area (TPSA) is 47.0 Å². The van der Waals surface area contributed by atoms with Gasteiger partial charge in [0, 0.05) is 22.9 Å². The Bertz CT molecular complexity index is 908. The van der Waals surface area contributed by atoms with Crippen molar-refractivity contribution in [2.24, 2.45) is 0 Å². The minimum absolute atomic E-state index is 0.251. The molecule has 1 aromatic carbocycles. The molecule has 0 saturated heterocycles. The molecule has 0 aliphatic rings. The molecule has 0 saturated carbocycles. The molecular formula is C19H17F2N3O. The van der Waals surface area contributed by atoms with Crippen LogP contribution < -0.4 is 10.1 Å². The highest BCUT2D eigenvalue weighted by Gasteiger charge is 2.13. The van der Waals surface area contributed by atoms with E-state index < -0.39 is 11.6 Å². The van der Waals surface area contributed by atoms with Crippen molar-refractivity contribution in [2.75, 3.05) is 12.4 Å². The second kappa shape index (κ2) is 6.84. The van der Waals surface area contributed by atoms with Gasteiger partial charge in [0.25, 0.3) is 0 Å². The minimum atomic E-state index is -0.524. The molecule has 0 fully saturated rings. The van der Waals surface area contributed by atoms with Gasteiger partial charge in [0.2, 0.25) is 0 Å². The van der Waals surface area contributed by atoms with Crippen LogP contribution in [0, 0.1) is 25.5 Å². The Morgan fingerprint density at radius 1 is 0.960 bits per heavy atom. The van der Waals surface area contributed by atoms with E-state index in [0.29, 0.717) is 17.2 Å². The van der Waals surface area contributed by atoms with Crippen molar-refractivity contribution in [3.63, 3.8) is 0 Å². The molecule has 6 heteroatoms. The van der Waals surface area contributed by atoms with Crippen LogP contribution >= 0.6 is 0 Å². The molecule has 0 bridgehead atoms. The molecule has 0 spiro atoms. The number of hydrogen-bond acceptors (Lipinski definition) is 4. The third-order valence-electron chi connectivity index (χ3n) is 3.66. The third-order valence-corrected chi connectivity index (χ3v) is 3.66. The standard InChI is InChI=1S/C19H17F2N3O/c1-11-6-12(2)23-19(7-11)24-18-9-15(16(21)10-22-18)14-5-4-13(20)8-17(14)25-3/h4-10H,1-3H3,(H,22,23,24). The summed E-state index contributed by atoms with van der Waals surface area (Å²) in [5.41, 5.74) is 2.63. The van der Waals surface area contributed by atoms with E-state index in [1.807, 2.05) is 26.0 Å².